The summed E-state index contributed by atoms with van der Waals surface area (Å²) in [4.78, 5) is 25.6. The lowest BCUT2D eigenvalue weighted by atomic mass is 9.94. The fraction of sp³-hybridized carbons (Fsp3) is 0.267. The molecule has 0 fully saturated rings. The van der Waals surface area contributed by atoms with E-state index in [0.717, 1.165) is 0 Å². The van der Waals surface area contributed by atoms with Crippen molar-refractivity contribution in [2.75, 3.05) is 7.11 Å². The van der Waals surface area contributed by atoms with E-state index in [1.165, 1.54) is 18.9 Å². The molecule has 0 aromatic heterocycles. The number of nitrogens with one attached hydrogen (secondary N) is 1. The maximum atomic E-state index is 12.2. The number of carbonyl (C=O) groups is 2. The molecule has 1 aromatic carbocycles. The van der Waals surface area contributed by atoms with E-state index in [2.05, 4.69) is 5.32 Å². The second kappa shape index (κ2) is 6.46. The quantitative estimate of drug-likeness (QED) is 0.663. The minimum Gasteiger partial charge on any atom is -0.466 e. The summed E-state index contributed by atoms with van der Waals surface area (Å²) in [6, 6.07) is 6.30. The standard InChI is InChI=1S/C15H15ClN2O3S/c1-8-12(14(20)21-3)13(10-6-4-5-7-11(10)16)18(9(2)19)15(22)17-8/h4-7,13H,1-3H3,(H,17,22). The van der Waals surface area contributed by atoms with Crippen molar-refractivity contribution < 1.29 is 14.3 Å². The highest BCUT2D eigenvalue weighted by Crippen LogP contribution is 2.37. The third-order valence-electron chi connectivity index (χ3n) is 3.39. The van der Waals surface area contributed by atoms with E-state index in [1.54, 1.807) is 31.2 Å². The van der Waals surface area contributed by atoms with E-state index < -0.39 is 12.0 Å². The van der Waals surface area contributed by atoms with Gasteiger partial charge in [-0.3, -0.25) is 9.69 Å². The molecule has 0 saturated carbocycles. The Morgan fingerprint density at radius 1 is 1.36 bits per heavy atom. The van der Waals surface area contributed by atoms with Crippen LogP contribution in [0.5, 0.6) is 0 Å². The summed E-state index contributed by atoms with van der Waals surface area (Å²) in [6.07, 6.45) is 0. The van der Waals surface area contributed by atoms with E-state index >= 15 is 0 Å². The van der Waals surface area contributed by atoms with E-state index in [4.69, 9.17) is 28.6 Å². The van der Waals surface area contributed by atoms with E-state index in [-0.39, 0.29) is 11.0 Å². The third kappa shape index (κ3) is 2.84. The molecule has 1 unspecified atom stereocenters. The monoisotopic (exact) mass is 338 g/mol. The SMILES string of the molecule is COC(=O)C1=C(C)NC(=S)N(C(C)=O)C1c1ccccc1Cl. The minimum atomic E-state index is -0.715. The van der Waals surface area contributed by atoms with Gasteiger partial charge in [0.05, 0.1) is 18.7 Å². The van der Waals surface area contributed by atoms with Gasteiger partial charge in [-0.15, -0.1) is 0 Å². The predicted octanol–water partition coefficient (Wildman–Crippen LogP) is 2.56. The first-order chi connectivity index (χ1) is 10.4. The van der Waals surface area contributed by atoms with Crippen LogP contribution in [0.4, 0.5) is 0 Å². The van der Waals surface area contributed by atoms with Gasteiger partial charge in [0.15, 0.2) is 5.11 Å². The van der Waals surface area contributed by atoms with Crippen LogP contribution in [0.3, 0.4) is 0 Å². The van der Waals surface area contributed by atoms with Gasteiger partial charge in [0, 0.05) is 17.6 Å². The van der Waals surface area contributed by atoms with Crippen LogP contribution in [0.1, 0.15) is 25.5 Å². The summed E-state index contributed by atoms with van der Waals surface area (Å²) >= 11 is 11.5. The van der Waals surface area contributed by atoms with E-state index in [9.17, 15) is 9.59 Å². The molecule has 1 aliphatic heterocycles. The van der Waals surface area contributed by atoms with Crippen molar-refractivity contribution in [3.05, 3.63) is 46.1 Å². The fourth-order valence-electron chi connectivity index (χ4n) is 2.43. The molecule has 7 heteroatoms. The Bertz CT molecular complexity index is 687. The zero-order valence-electron chi connectivity index (χ0n) is 12.3. The van der Waals surface area contributed by atoms with Gasteiger partial charge in [0.25, 0.3) is 0 Å². The number of methoxy groups -OCH3 is 1. The molecule has 1 aliphatic rings. The van der Waals surface area contributed by atoms with Gasteiger partial charge < -0.3 is 10.1 Å². The van der Waals surface area contributed by atoms with Crippen LogP contribution in [-0.2, 0) is 14.3 Å². The van der Waals surface area contributed by atoms with Crippen LogP contribution in [0.2, 0.25) is 5.02 Å². The average Bonchev–Trinajstić information content (AvgIpc) is 2.45. The van der Waals surface area contributed by atoms with Crippen LogP contribution in [0.15, 0.2) is 35.5 Å². The molecule has 0 saturated heterocycles. The number of amides is 1. The van der Waals surface area contributed by atoms with Crippen LogP contribution in [-0.4, -0.2) is 29.0 Å². The summed E-state index contributed by atoms with van der Waals surface area (Å²) in [5, 5.41) is 3.53. The number of nitrogens with zero attached hydrogens (tertiary/aromatic N) is 1. The summed E-state index contributed by atoms with van der Waals surface area (Å²) < 4.78 is 4.85. The van der Waals surface area contributed by atoms with Crippen LogP contribution >= 0.6 is 23.8 Å². The maximum absolute atomic E-state index is 12.2. The molecule has 1 amide bonds. The fourth-order valence-corrected chi connectivity index (χ4v) is 3.06. The Hall–Kier alpha value is -1.92. The van der Waals surface area contributed by atoms with Gasteiger partial charge in [-0.25, -0.2) is 4.79 Å². The Balaban J connectivity index is 2.71. The number of ether oxygens (including phenoxy) is 1. The molecule has 5 nitrogen and oxygen atoms in total. The Kier molecular flexibility index (Phi) is 4.83. The molecule has 0 radical (unpaired) electrons. The number of hydrogen-bond donors (Lipinski definition) is 1. The predicted molar refractivity (Wildman–Crippen MR) is 87.2 cm³/mol. The molecular formula is C15H15ClN2O3S. The molecule has 2 rings (SSSR count). The largest absolute Gasteiger partial charge is 0.466 e. The molecule has 1 aromatic rings. The number of hydrogen-bond acceptors (Lipinski definition) is 4. The zero-order chi connectivity index (χ0) is 16.4. The second-order valence-electron chi connectivity index (χ2n) is 4.77. The Labute approximate surface area is 138 Å². The molecule has 22 heavy (non-hydrogen) atoms. The molecule has 1 N–H and O–H groups in total. The van der Waals surface area contributed by atoms with Crippen molar-refractivity contribution >= 4 is 40.8 Å². The summed E-state index contributed by atoms with van der Waals surface area (Å²) in [5.74, 6) is -0.833. The molecule has 0 bridgehead atoms. The highest BCUT2D eigenvalue weighted by atomic mass is 35.5. The number of esters is 1. The number of thiocarbonyl (C=S) groups is 1. The third-order valence-corrected chi connectivity index (χ3v) is 4.04. The van der Waals surface area contributed by atoms with Gasteiger partial charge >= 0.3 is 5.97 Å². The van der Waals surface area contributed by atoms with Crippen molar-refractivity contribution in [1.82, 2.24) is 10.2 Å². The number of halogens is 1. The van der Waals surface area contributed by atoms with Gasteiger partial charge in [-0.05, 0) is 30.8 Å². The van der Waals surface area contributed by atoms with Gasteiger partial charge in [-0.2, -0.15) is 0 Å². The molecular weight excluding hydrogens is 324 g/mol. The summed E-state index contributed by atoms with van der Waals surface area (Å²) in [5.41, 5.74) is 1.46. The first-order valence-electron chi connectivity index (χ1n) is 6.52. The first kappa shape index (κ1) is 16.5. The molecule has 0 aliphatic carbocycles. The summed E-state index contributed by atoms with van der Waals surface area (Å²) in [7, 11) is 1.29. The zero-order valence-corrected chi connectivity index (χ0v) is 13.9. The van der Waals surface area contributed by atoms with Crippen LogP contribution in [0.25, 0.3) is 0 Å². The van der Waals surface area contributed by atoms with E-state index in [0.29, 0.717) is 21.9 Å². The highest BCUT2D eigenvalue weighted by molar-refractivity contribution is 7.80. The van der Waals surface area contributed by atoms with Crippen molar-refractivity contribution in [2.24, 2.45) is 0 Å². The Morgan fingerprint density at radius 3 is 2.55 bits per heavy atom. The number of carbonyl (C=O) groups excluding carboxylic acids is 2. The Morgan fingerprint density at radius 2 is 2.00 bits per heavy atom. The van der Waals surface area contributed by atoms with Crippen LogP contribution in [0, 0.1) is 0 Å². The molecule has 1 atom stereocenters. The maximum Gasteiger partial charge on any atom is 0.337 e. The van der Waals surface area contributed by atoms with Crippen LogP contribution < -0.4 is 5.32 Å². The molecule has 116 valence electrons. The normalized spacial score (nSPS) is 18.1. The molecule has 1 heterocycles. The second-order valence-corrected chi connectivity index (χ2v) is 5.57. The lowest BCUT2D eigenvalue weighted by Crippen LogP contribution is -2.50. The van der Waals surface area contributed by atoms with Crippen molar-refractivity contribution in [2.45, 2.75) is 19.9 Å². The smallest absolute Gasteiger partial charge is 0.337 e. The van der Waals surface area contributed by atoms with E-state index in [1.807, 2.05) is 0 Å². The highest BCUT2D eigenvalue weighted by Gasteiger charge is 2.39. The first-order valence-corrected chi connectivity index (χ1v) is 7.31. The number of benzene rings is 1. The van der Waals surface area contributed by atoms with Crippen molar-refractivity contribution in [3.63, 3.8) is 0 Å². The summed E-state index contributed by atoms with van der Waals surface area (Å²) in [6.45, 7) is 3.09. The van der Waals surface area contributed by atoms with Crippen molar-refractivity contribution in [1.29, 1.82) is 0 Å². The van der Waals surface area contributed by atoms with Gasteiger partial charge in [0.2, 0.25) is 5.91 Å². The number of allylic oxidation sites excluding steroid dienone is 1. The van der Waals surface area contributed by atoms with Gasteiger partial charge in [-0.1, -0.05) is 29.8 Å². The molecule has 0 spiro atoms. The van der Waals surface area contributed by atoms with Crippen molar-refractivity contribution in [3.8, 4) is 0 Å². The minimum absolute atomic E-state index is 0.225. The topological polar surface area (TPSA) is 58.6 Å². The number of rotatable bonds is 2. The average molecular weight is 339 g/mol. The lowest BCUT2D eigenvalue weighted by molar-refractivity contribution is -0.137. The van der Waals surface area contributed by atoms with Gasteiger partial charge in [0.1, 0.15) is 0 Å². The lowest BCUT2D eigenvalue weighted by Gasteiger charge is -2.37.